The molecule has 0 fully saturated rings. The summed E-state index contributed by atoms with van der Waals surface area (Å²) in [4.78, 5) is 4.79. The van der Waals surface area contributed by atoms with Gasteiger partial charge in [0.05, 0.1) is 90.1 Å². The summed E-state index contributed by atoms with van der Waals surface area (Å²) in [6, 6.07) is 86.1. The largest absolute Gasteiger partial charge is 0.317 e. The molecule has 75 heavy (non-hydrogen) atoms. The third kappa shape index (κ3) is 5.45. The Morgan fingerprint density at radius 3 is 0.947 bits per heavy atom. The molecule has 0 atom stereocenters. The van der Waals surface area contributed by atoms with Gasteiger partial charge in [0.2, 0.25) is 5.69 Å². The minimum absolute atomic E-state index is 0.353. The van der Waals surface area contributed by atoms with Gasteiger partial charge in [-0.15, -0.1) is 0 Å². The Bertz CT molecular complexity index is 4900. The molecule has 5 heterocycles. The van der Waals surface area contributed by atoms with Crippen LogP contribution in [0.4, 0.5) is 5.69 Å². The normalized spacial score (nSPS) is 12.0. The van der Waals surface area contributed by atoms with Crippen LogP contribution in [0.1, 0.15) is 5.56 Å². The highest BCUT2D eigenvalue weighted by molar-refractivity contribution is 6.21. The third-order valence-electron chi connectivity index (χ3n) is 15.7. The van der Waals surface area contributed by atoms with Crippen LogP contribution in [0.3, 0.4) is 0 Å². The molecule has 16 rings (SSSR count). The van der Waals surface area contributed by atoms with Crippen LogP contribution in [0.5, 0.6) is 0 Å². The Labute approximate surface area is 428 Å². The van der Waals surface area contributed by atoms with E-state index in [0.717, 1.165) is 120 Å². The zero-order valence-electron chi connectivity index (χ0n) is 40.1. The van der Waals surface area contributed by atoms with Crippen molar-refractivity contribution in [3.63, 3.8) is 0 Å². The molecule has 0 amide bonds. The molecule has 0 radical (unpaired) electrons. The summed E-state index contributed by atoms with van der Waals surface area (Å²) in [7, 11) is 0. The Balaban J connectivity index is 1.21. The zero-order valence-corrected chi connectivity index (χ0v) is 40.1. The molecule has 16 aromatic rings. The highest BCUT2D eigenvalue weighted by Crippen LogP contribution is 2.52. The van der Waals surface area contributed by atoms with E-state index in [4.69, 9.17) is 4.85 Å². The van der Waals surface area contributed by atoms with Gasteiger partial charge in [-0.05, 0) is 72.8 Å². The van der Waals surface area contributed by atoms with E-state index < -0.39 is 0 Å². The van der Waals surface area contributed by atoms with Gasteiger partial charge in [0, 0.05) is 59.5 Å². The summed E-state index contributed by atoms with van der Waals surface area (Å²) < 4.78 is 11.5. The average molecular weight is 954 g/mol. The number of rotatable bonds is 5. The van der Waals surface area contributed by atoms with Crippen LogP contribution < -0.4 is 0 Å². The van der Waals surface area contributed by atoms with E-state index in [-0.39, 0.29) is 0 Å². The lowest BCUT2D eigenvalue weighted by molar-refractivity contribution is 1.03. The van der Waals surface area contributed by atoms with E-state index in [1.165, 1.54) is 0 Å². The Morgan fingerprint density at radius 1 is 0.280 bits per heavy atom. The first-order chi connectivity index (χ1) is 37.2. The quantitative estimate of drug-likeness (QED) is 0.159. The van der Waals surface area contributed by atoms with Crippen molar-refractivity contribution >= 4 is 115 Å². The number of benzene rings is 11. The van der Waals surface area contributed by atoms with E-state index in [1.54, 1.807) is 0 Å². The van der Waals surface area contributed by atoms with Gasteiger partial charge >= 0.3 is 0 Å². The lowest BCUT2D eigenvalue weighted by Crippen LogP contribution is -2.14. The summed E-state index contributed by atoms with van der Waals surface area (Å²) in [5, 5.41) is 23.3. The van der Waals surface area contributed by atoms with E-state index in [9.17, 15) is 11.8 Å². The predicted molar refractivity (Wildman–Crippen MR) is 309 cm³/mol. The van der Waals surface area contributed by atoms with Gasteiger partial charge in [-0.3, -0.25) is 0 Å². The maximum Gasteiger partial charge on any atom is 0.237 e. The number of fused-ring (bicyclic) bond motifs is 15. The number of nitriles is 1. The second kappa shape index (κ2) is 15.5. The van der Waals surface area contributed by atoms with Gasteiger partial charge in [0.15, 0.2) is 0 Å². The summed E-state index contributed by atoms with van der Waals surface area (Å²) >= 11 is 0. The van der Waals surface area contributed by atoms with Crippen LogP contribution in [0.25, 0.3) is 142 Å². The number of hydrogen-bond donors (Lipinski definition) is 0. The lowest BCUT2D eigenvalue weighted by Gasteiger charge is -2.27. The minimum atomic E-state index is 0.353. The molecule has 0 N–H and O–H groups in total. The minimum Gasteiger partial charge on any atom is -0.317 e. The van der Waals surface area contributed by atoms with Gasteiger partial charge in [-0.25, -0.2) is 4.85 Å². The molecule has 0 spiro atoms. The molecule has 0 unspecified atom stereocenters. The van der Waals surface area contributed by atoms with Crippen LogP contribution in [-0.2, 0) is 0 Å². The molecule has 7 nitrogen and oxygen atoms in total. The molecule has 0 aliphatic carbocycles. The fraction of sp³-hybridized carbons (Fsp3) is 0. The van der Waals surface area contributed by atoms with E-state index in [0.29, 0.717) is 28.3 Å². The Hall–Kier alpha value is -10.6. The van der Waals surface area contributed by atoms with Crippen molar-refractivity contribution < 1.29 is 0 Å². The number of para-hydroxylation sites is 9. The Morgan fingerprint density at radius 2 is 0.573 bits per heavy atom. The second-order valence-corrected chi connectivity index (χ2v) is 19.4. The van der Waals surface area contributed by atoms with Crippen molar-refractivity contribution in [2.75, 3.05) is 0 Å². The molecular formula is C68H39N7. The zero-order chi connectivity index (χ0) is 49.5. The van der Waals surface area contributed by atoms with Gasteiger partial charge in [-0.1, -0.05) is 164 Å². The standard InChI is InChI=1S/C68H39N7/c1-70-64-65(75-61-38-20-12-30-50(61)52-39-51-49-29-11-13-31-54(49)71(62(51)40-63(52)75)42-21-3-2-4-22-42)53(41-69)66(72-55-32-14-5-23-43(55)44-24-6-15-33-56(44)72)68(74-59-36-18-9-27-47(59)48-28-10-19-37-60(48)74)67(64)73-57-34-16-7-25-45(57)46-26-8-17-35-58(46)73/h2-40H. The van der Waals surface area contributed by atoms with E-state index in [1.807, 2.05) is 0 Å². The maximum atomic E-state index is 12.6. The maximum absolute atomic E-state index is 12.6. The number of hydrogen-bond acceptors (Lipinski definition) is 1. The predicted octanol–water partition coefficient (Wildman–Crippen LogP) is 17.6. The molecule has 11 aromatic carbocycles. The first kappa shape index (κ1) is 41.1. The van der Waals surface area contributed by atoms with Crippen molar-refractivity contribution in [3.8, 4) is 34.5 Å². The summed E-state index contributed by atoms with van der Waals surface area (Å²) in [6.07, 6.45) is 0. The van der Waals surface area contributed by atoms with Crippen molar-refractivity contribution in [2.24, 2.45) is 0 Å². The number of nitrogens with zero attached hydrogens (tertiary/aromatic N) is 7. The van der Waals surface area contributed by atoms with Crippen molar-refractivity contribution in [3.05, 3.63) is 254 Å². The van der Waals surface area contributed by atoms with Crippen LogP contribution in [0.15, 0.2) is 237 Å². The summed E-state index contributed by atoms with van der Waals surface area (Å²) in [6.45, 7) is 9.81. The SMILES string of the molecule is [C-]#[N+]c1c(-n2c3ccccc3c3cc4c5ccccc5n(-c5ccccc5)c4cc32)c(C#N)c(-n2c3ccccc3c3ccccc32)c(-n2c3ccccc3c3ccccc32)c1-n1c2ccccc2c2ccccc21. The molecule has 0 saturated carbocycles. The van der Waals surface area contributed by atoms with Crippen LogP contribution in [-0.4, -0.2) is 22.8 Å². The third-order valence-corrected chi connectivity index (χ3v) is 15.7. The van der Waals surface area contributed by atoms with Gasteiger partial charge < -0.3 is 22.8 Å². The first-order valence-electron chi connectivity index (χ1n) is 25.2. The number of aromatic nitrogens is 5. The monoisotopic (exact) mass is 953 g/mol. The fourth-order valence-corrected chi connectivity index (χ4v) is 12.8. The topological polar surface area (TPSA) is 52.8 Å². The lowest BCUT2D eigenvalue weighted by atomic mass is 10.0. The van der Waals surface area contributed by atoms with Crippen LogP contribution in [0.2, 0.25) is 0 Å². The van der Waals surface area contributed by atoms with Gasteiger partial charge in [-0.2, -0.15) is 5.26 Å². The van der Waals surface area contributed by atoms with Crippen LogP contribution >= 0.6 is 0 Å². The highest BCUT2D eigenvalue weighted by Gasteiger charge is 2.35. The highest BCUT2D eigenvalue weighted by atomic mass is 15.1. The molecule has 5 aromatic heterocycles. The first-order valence-corrected chi connectivity index (χ1v) is 25.2. The molecule has 0 bridgehead atoms. The summed E-state index contributed by atoms with van der Waals surface area (Å²) in [5.41, 5.74) is 14.0. The molecule has 7 heteroatoms. The average Bonchev–Trinajstić information content (AvgIpc) is 4.31. The fourth-order valence-electron chi connectivity index (χ4n) is 12.8. The van der Waals surface area contributed by atoms with Crippen LogP contribution in [0, 0.1) is 17.9 Å². The van der Waals surface area contributed by atoms with Crippen molar-refractivity contribution in [1.82, 2.24) is 22.8 Å². The molecule has 0 aliphatic rings. The van der Waals surface area contributed by atoms with E-state index in [2.05, 4.69) is 265 Å². The van der Waals surface area contributed by atoms with Crippen molar-refractivity contribution in [2.45, 2.75) is 0 Å². The molecule has 0 saturated heterocycles. The van der Waals surface area contributed by atoms with E-state index >= 15 is 0 Å². The summed E-state index contributed by atoms with van der Waals surface area (Å²) in [5.74, 6) is 0. The smallest absolute Gasteiger partial charge is 0.237 e. The molecular weight excluding hydrogens is 915 g/mol. The second-order valence-electron chi connectivity index (χ2n) is 19.4. The van der Waals surface area contributed by atoms with Crippen molar-refractivity contribution in [1.29, 1.82) is 5.26 Å². The Kier molecular flexibility index (Phi) is 8.46. The molecule has 0 aliphatic heterocycles. The molecule has 346 valence electrons. The van der Waals surface area contributed by atoms with Gasteiger partial charge in [0.1, 0.15) is 6.07 Å². The van der Waals surface area contributed by atoms with Gasteiger partial charge in [0.25, 0.3) is 0 Å².